The van der Waals surface area contributed by atoms with Gasteiger partial charge in [0.15, 0.2) is 0 Å². The highest BCUT2D eigenvalue weighted by atomic mass is 35.5. The molecule has 1 saturated heterocycles. The van der Waals surface area contributed by atoms with Crippen molar-refractivity contribution >= 4 is 38.4 Å². The molecule has 2 N–H and O–H groups in total. The van der Waals surface area contributed by atoms with E-state index in [1.165, 1.54) is 22.5 Å². The average Bonchev–Trinajstić information content (AvgIpc) is 2.79. The van der Waals surface area contributed by atoms with Crippen LogP contribution in [0.25, 0.3) is 10.9 Å². The van der Waals surface area contributed by atoms with E-state index in [9.17, 15) is 18.0 Å². The van der Waals surface area contributed by atoms with Gasteiger partial charge in [0.05, 0.1) is 10.5 Å². The zero-order chi connectivity index (χ0) is 23.6. The molecule has 0 spiro atoms. The minimum absolute atomic E-state index is 0.117. The van der Waals surface area contributed by atoms with Crippen LogP contribution in [0.15, 0.2) is 58.2 Å². The van der Waals surface area contributed by atoms with Crippen molar-refractivity contribution in [2.24, 2.45) is 5.92 Å². The summed E-state index contributed by atoms with van der Waals surface area (Å²) in [6.45, 7) is 3.36. The second-order valence-corrected chi connectivity index (χ2v) is 10.9. The van der Waals surface area contributed by atoms with Crippen molar-refractivity contribution in [3.8, 4) is 0 Å². The molecule has 1 aliphatic rings. The van der Waals surface area contributed by atoms with Crippen LogP contribution in [0.2, 0.25) is 5.02 Å². The maximum atomic E-state index is 13.2. The molecule has 3 aromatic rings. The van der Waals surface area contributed by atoms with Gasteiger partial charge in [-0.1, -0.05) is 30.7 Å². The number of nitrogens with one attached hydrogen (secondary N) is 2. The SMILES string of the molecule is C[C@@H]1CCCN(S(=O)(=O)c2ccc3[nH]c(=O)cc(C(=O)NCCc4ccc(Cl)cc4)c3c2)C1. The number of pyridine rings is 1. The van der Waals surface area contributed by atoms with Crippen LogP contribution in [0.1, 0.15) is 35.7 Å². The Hall–Kier alpha value is -2.68. The van der Waals surface area contributed by atoms with Crippen molar-refractivity contribution < 1.29 is 13.2 Å². The number of halogens is 1. The van der Waals surface area contributed by atoms with Crippen molar-refractivity contribution in [1.82, 2.24) is 14.6 Å². The normalized spacial score (nSPS) is 17.2. The molecule has 0 unspecified atom stereocenters. The van der Waals surface area contributed by atoms with Gasteiger partial charge >= 0.3 is 0 Å². The Bertz CT molecular complexity index is 1340. The lowest BCUT2D eigenvalue weighted by Crippen LogP contribution is -2.39. The molecular weight excluding hydrogens is 462 g/mol. The molecule has 0 bridgehead atoms. The minimum atomic E-state index is -3.70. The van der Waals surface area contributed by atoms with Crippen LogP contribution in [-0.2, 0) is 16.4 Å². The number of H-pyrrole nitrogens is 1. The lowest BCUT2D eigenvalue weighted by molar-refractivity contribution is 0.0955. The van der Waals surface area contributed by atoms with E-state index < -0.39 is 21.5 Å². The van der Waals surface area contributed by atoms with Gasteiger partial charge in [0.2, 0.25) is 15.6 Å². The van der Waals surface area contributed by atoms with E-state index in [0.717, 1.165) is 18.4 Å². The van der Waals surface area contributed by atoms with E-state index in [1.54, 1.807) is 18.2 Å². The average molecular weight is 488 g/mol. The summed E-state index contributed by atoms with van der Waals surface area (Å²) in [7, 11) is -3.70. The molecule has 33 heavy (non-hydrogen) atoms. The first-order chi connectivity index (χ1) is 15.7. The van der Waals surface area contributed by atoms with Crippen LogP contribution < -0.4 is 10.9 Å². The Morgan fingerprint density at radius 1 is 1.18 bits per heavy atom. The Kier molecular flexibility index (Phi) is 6.88. The van der Waals surface area contributed by atoms with E-state index in [2.05, 4.69) is 10.3 Å². The molecule has 2 heterocycles. The predicted molar refractivity (Wildman–Crippen MR) is 129 cm³/mol. The van der Waals surface area contributed by atoms with Crippen molar-refractivity contribution in [1.29, 1.82) is 0 Å². The van der Waals surface area contributed by atoms with Gasteiger partial charge in [-0.3, -0.25) is 9.59 Å². The third-order valence-electron chi connectivity index (χ3n) is 5.93. The standard InChI is InChI=1S/C24H26ClN3O4S/c1-16-3-2-12-28(15-16)33(31,32)19-8-9-22-20(13-19)21(14-23(29)27-22)24(30)26-11-10-17-4-6-18(25)7-5-17/h4-9,13-14,16H,2-3,10-12,15H2,1H3,(H,26,30)(H,27,29)/t16-/m1/s1. The second-order valence-electron chi connectivity index (χ2n) is 8.50. The molecule has 9 heteroatoms. The van der Waals surface area contributed by atoms with E-state index in [4.69, 9.17) is 11.6 Å². The zero-order valence-corrected chi connectivity index (χ0v) is 19.9. The number of carbonyl (C=O) groups excluding carboxylic acids is 1. The fraction of sp³-hybridized carbons (Fsp3) is 0.333. The van der Waals surface area contributed by atoms with Crippen molar-refractivity contribution in [2.75, 3.05) is 19.6 Å². The first-order valence-electron chi connectivity index (χ1n) is 10.9. The van der Waals surface area contributed by atoms with Gasteiger partial charge in [-0.2, -0.15) is 4.31 Å². The number of hydrogen-bond acceptors (Lipinski definition) is 4. The summed E-state index contributed by atoms with van der Waals surface area (Å²) < 4.78 is 27.9. The summed E-state index contributed by atoms with van der Waals surface area (Å²) in [5, 5.41) is 3.86. The summed E-state index contributed by atoms with van der Waals surface area (Å²) in [5.41, 5.74) is 1.15. The summed E-state index contributed by atoms with van der Waals surface area (Å²) in [6.07, 6.45) is 2.42. The number of carbonyl (C=O) groups is 1. The monoisotopic (exact) mass is 487 g/mol. The van der Waals surface area contributed by atoms with Gasteiger partial charge in [-0.05, 0) is 61.1 Å². The maximum Gasteiger partial charge on any atom is 0.252 e. The van der Waals surface area contributed by atoms with Crippen LogP contribution >= 0.6 is 11.6 Å². The number of hydrogen-bond donors (Lipinski definition) is 2. The second kappa shape index (κ2) is 9.67. The number of fused-ring (bicyclic) bond motifs is 1. The quantitative estimate of drug-likeness (QED) is 0.555. The van der Waals surface area contributed by atoms with Crippen LogP contribution in [-0.4, -0.2) is 43.2 Å². The van der Waals surface area contributed by atoms with Crippen LogP contribution in [0.3, 0.4) is 0 Å². The number of rotatable bonds is 6. The van der Waals surface area contributed by atoms with Crippen LogP contribution in [0.4, 0.5) is 0 Å². The van der Waals surface area contributed by atoms with Crippen molar-refractivity contribution in [3.05, 3.63) is 75.0 Å². The van der Waals surface area contributed by atoms with E-state index in [-0.39, 0.29) is 10.5 Å². The predicted octanol–water partition coefficient (Wildman–Crippen LogP) is 3.57. The molecule has 0 aliphatic carbocycles. The summed E-state index contributed by atoms with van der Waals surface area (Å²) in [5.74, 6) is -0.131. The topological polar surface area (TPSA) is 99.3 Å². The maximum absolute atomic E-state index is 13.2. The number of aromatic amines is 1. The molecule has 1 atom stereocenters. The molecule has 4 rings (SSSR count). The Morgan fingerprint density at radius 3 is 2.67 bits per heavy atom. The number of nitrogens with zero attached hydrogens (tertiary/aromatic N) is 1. The molecule has 1 amide bonds. The molecule has 0 saturated carbocycles. The summed E-state index contributed by atoms with van der Waals surface area (Å²) in [6, 6.07) is 13.1. The van der Waals surface area contributed by atoms with Gasteiger partial charge in [0.25, 0.3) is 5.91 Å². The fourth-order valence-electron chi connectivity index (χ4n) is 4.16. The van der Waals surface area contributed by atoms with Gasteiger partial charge in [0.1, 0.15) is 0 Å². The molecule has 1 aliphatic heterocycles. The third-order valence-corrected chi connectivity index (χ3v) is 8.04. The molecule has 1 aromatic heterocycles. The molecule has 1 fully saturated rings. The first-order valence-corrected chi connectivity index (χ1v) is 12.8. The largest absolute Gasteiger partial charge is 0.352 e. The summed E-state index contributed by atoms with van der Waals surface area (Å²) in [4.78, 5) is 27.8. The smallest absolute Gasteiger partial charge is 0.252 e. The number of amides is 1. The van der Waals surface area contributed by atoms with Crippen molar-refractivity contribution in [2.45, 2.75) is 31.1 Å². The minimum Gasteiger partial charge on any atom is -0.352 e. The lowest BCUT2D eigenvalue weighted by Gasteiger charge is -2.30. The molecule has 174 valence electrons. The van der Waals surface area contributed by atoms with E-state index in [1.807, 2.05) is 19.1 Å². The number of piperidine rings is 1. The zero-order valence-electron chi connectivity index (χ0n) is 18.3. The number of aromatic nitrogens is 1. The lowest BCUT2D eigenvalue weighted by atomic mass is 10.0. The highest BCUT2D eigenvalue weighted by molar-refractivity contribution is 7.89. The molecule has 0 radical (unpaired) electrons. The number of benzene rings is 2. The van der Waals surface area contributed by atoms with Crippen LogP contribution in [0.5, 0.6) is 0 Å². The molecule has 7 nitrogen and oxygen atoms in total. The Balaban J connectivity index is 1.60. The number of sulfonamides is 1. The van der Waals surface area contributed by atoms with Gasteiger partial charge in [-0.15, -0.1) is 0 Å². The van der Waals surface area contributed by atoms with Crippen molar-refractivity contribution in [3.63, 3.8) is 0 Å². The molecule has 2 aromatic carbocycles. The summed E-state index contributed by atoms with van der Waals surface area (Å²) >= 11 is 5.90. The van der Waals surface area contributed by atoms with Crippen LogP contribution in [0, 0.1) is 5.92 Å². The Morgan fingerprint density at radius 2 is 1.94 bits per heavy atom. The first kappa shape index (κ1) is 23.5. The highest BCUT2D eigenvalue weighted by Gasteiger charge is 2.29. The van der Waals surface area contributed by atoms with Gasteiger partial charge in [0, 0.05) is 41.6 Å². The van der Waals surface area contributed by atoms with E-state index in [0.29, 0.717) is 47.9 Å². The fourth-order valence-corrected chi connectivity index (χ4v) is 5.91. The molecular formula is C24H26ClN3O4S. The van der Waals surface area contributed by atoms with E-state index >= 15 is 0 Å². The Labute approximate surface area is 197 Å². The highest BCUT2D eigenvalue weighted by Crippen LogP contribution is 2.26. The van der Waals surface area contributed by atoms with Gasteiger partial charge < -0.3 is 10.3 Å². The third kappa shape index (κ3) is 5.29. The van der Waals surface area contributed by atoms with Gasteiger partial charge in [-0.25, -0.2) is 8.42 Å².